The fourth-order valence-corrected chi connectivity index (χ4v) is 2.05. The van der Waals surface area contributed by atoms with Gasteiger partial charge in [0.05, 0.1) is 0 Å². The summed E-state index contributed by atoms with van der Waals surface area (Å²) >= 11 is 2.00. The van der Waals surface area contributed by atoms with Gasteiger partial charge in [0.25, 0.3) is 0 Å². The lowest BCUT2D eigenvalue weighted by atomic mass is 10.1. The van der Waals surface area contributed by atoms with Crippen molar-refractivity contribution in [2.24, 2.45) is 0 Å². The Hall–Kier alpha value is -0.130. The molecule has 1 N–H and O–H groups in total. The molecule has 0 saturated heterocycles. The normalized spacial score (nSPS) is 12.4. The van der Waals surface area contributed by atoms with Crippen molar-refractivity contribution in [3.63, 3.8) is 0 Å². The highest BCUT2D eigenvalue weighted by Gasteiger charge is 2.05. The molecule has 0 radical (unpaired) electrons. The van der Waals surface area contributed by atoms with Crippen LogP contribution in [-0.4, -0.2) is 24.1 Å². The molecule has 0 aliphatic rings. The molecule has 0 heterocycles. The standard InChI is InChI=1S/C11H21NS/c1-4-7-8-9-11(12-5-2)10-13-6-3/h1,11-12H,5-10H2,2-3H3. The summed E-state index contributed by atoms with van der Waals surface area (Å²) in [7, 11) is 0. The molecule has 1 unspecified atom stereocenters. The van der Waals surface area contributed by atoms with Crippen molar-refractivity contribution in [2.45, 2.75) is 39.2 Å². The minimum atomic E-state index is 0.656. The van der Waals surface area contributed by atoms with Crippen LogP contribution in [0.25, 0.3) is 0 Å². The summed E-state index contributed by atoms with van der Waals surface area (Å²) in [5.41, 5.74) is 0. The van der Waals surface area contributed by atoms with E-state index in [1.807, 2.05) is 11.8 Å². The lowest BCUT2D eigenvalue weighted by molar-refractivity contribution is 0.523. The van der Waals surface area contributed by atoms with E-state index < -0.39 is 0 Å². The second-order valence-corrected chi connectivity index (χ2v) is 4.33. The van der Waals surface area contributed by atoms with Gasteiger partial charge in [-0.05, 0) is 25.1 Å². The maximum absolute atomic E-state index is 5.21. The third-order valence-electron chi connectivity index (χ3n) is 1.89. The van der Waals surface area contributed by atoms with Gasteiger partial charge in [-0.1, -0.05) is 13.8 Å². The minimum Gasteiger partial charge on any atom is -0.313 e. The van der Waals surface area contributed by atoms with Crippen molar-refractivity contribution in [1.29, 1.82) is 0 Å². The Morgan fingerprint density at radius 2 is 2.23 bits per heavy atom. The number of terminal acetylenes is 1. The third kappa shape index (κ3) is 8.21. The molecule has 0 aromatic heterocycles. The number of hydrogen-bond acceptors (Lipinski definition) is 2. The van der Waals surface area contributed by atoms with E-state index in [1.165, 1.54) is 17.9 Å². The Morgan fingerprint density at radius 3 is 2.77 bits per heavy atom. The second-order valence-electron chi connectivity index (χ2n) is 3.01. The molecule has 0 amide bonds. The van der Waals surface area contributed by atoms with Crippen molar-refractivity contribution in [1.82, 2.24) is 5.32 Å². The summed E-state index contributed by atoms with van der Waals surface area (Å²) in [5.74, 6) is 5.11. The van der Waals surface area contributed by atoms with Crippen molar-refractivity contribution >= 4 is 11.8 Å². The van der Waals surface area contributed by atoms with E-state index >= 15 is 0 Å². The van der Waals surface area contributed by atoms with Crippen molar-refractivity contribution in [3.8, 4) is 12.3 Å². The first-order valence-electron chi connectivity index (χ1n) is 5.09. The van der Waals surface area contributed by atoms with Crippen LogP contribution in [0.4, 0.5) is 0 Å². The second kappa shape index (κ2) is 9.95. The van der Waals surface area contributed by atoms with Crippen LogP contribution in [0.2, 0.25) is 0 Å². The molecule has 0 spiro atoms. The van der Waals surface area contributed by atoms with Gasteiger partial charge in [0.1, 0.15) is 0 Å². The van der Waals surface area contributed by atoms with Crippen LogP contribution in [-0.2, 0) is 0 Å². The van der Waals surface area contributed by atoms with Crippen LogP contribution in [0.3, 0.4) is 0 Å². The zero-order valence-electron chi connectivity index (χ0n) is 8.81. The maximum Gasteiger partial charge on any atom is 0.0158 e. The number of rotatable bonds is 8. The molecule has 0 aliphatic carbocycles. The van der Waals surface area contributed by atoms with E-state index in [2.05, 4.69) is 25.1 Å². The lowest BCUT2D eigenvalue weighted by Crippen LogP contribution is -2.31. The molecule has 2 heteroatoms. The lowest BCUT2D eigenvalue weighted by Gasteiger charge is -2.16. The van der Waals surface area contributed by atoms with Crippen LogP contribution in [0.15, 0.2) is 0 Å². The van der Waals surface area contributed by atoms with Crippen LogP contribution >= 0.6 is 11.8 Å². The average molecular weight is 199 g/mol. The Bertz CT molecular complexity index is 140. The highest BCUT2D eigenvalue weighted by molar-refractivity contribution is 7.99. The first-order chi connectivity index (χ1) is 6.35. The highest BCUT2D eigenvalue weighted by Crippen LogP contribution is 2.08. The van der Waals surface area contributed by atoms with Gasteiger partial charge in [0, 0.05) is 18.2 Å². The molecule has 0 bridgehead atoms. The van der Waals surface area contributed by atoms with Gasteiger partial charge in [0.15, 0.2) is 0 Å². The molecule has 1 nitrogen and oxygen atoms in total. The fourth-order valence-electron chi connectivity index (χ4n) is 1.24. The summed E-state index contributed by atoms with van der Waals surface area (Å²) < 4.78 is 0. The van der Waals surface area contributed by atoms with Gasteiger partial charge >= 0.3 is 0 Å². The molecule has 13 heavy (non-hydrogen) atoms. The Kier molecular flexibility index (Phi) is 9.85. The van der Waals surface area contributed by atoms with Gasteiger partial charge in [-0.15, -0.1) is 12.3 Å². The zero-order chi connectivity index (χ0) is 9.94. The summed E-state index contributed by atoms with van der Waals surface area (Å²) in [4.78, 5) is 0. The van der Waals surface area contributed by atoms with Gasteiger partial charge in [-0.2, -0.15) is 11.8 Å². The van der Waals surface area contributed by atoms with E-state index in [4.69, 9.17) is 6.42 Å². The Balaban J connectivity index is 3.48. The molecule has 0 fully saturated rings. The molecule has 0 aromatic carbocycles. The predicted octanol–water partition coefficient (Wildman–Crippen LogP) is 2.52. The van der Waals surface area contributed by atoms with Crippen molar-refractivity contribution < 1.29 is 0 Å². The largest absolute Gasteiger partial charge is 0.313 e. The van der Waals surface area contributed by atoms with Gasteiger partial charge in [-0.25, -0.2) is 0 Å². The van der Waals surface area contributed by atoms with Crippen molar-refractivity contribution in [2.75, 3.05) is 18.1 Å². The Morgan fingerprint density at radius 1 is 1.46 bits per heavy atom. The molecule has 0 aliphatic heterocycles. The van der Waals surface area contributed by atoms with E-state index in [1.54, 1.807) is 0 Å². The van der Waals surface area contributed by atoms with Crippen molar-refractivity contribution in [3.05, 3.63) is 0 Å². The SMILES string of the molecule is C#CCCCC(CSCC)NCC. The fraction of sp³-hybridized carbons (Fsp3) is 0.818. The number of thioether (sulfide) groups is 1. The molecular formula is C11H21NS. The average Bonchev–Trinajstić information content (AvgIpc) is 2.14. The van der Waals surface area contributed by atoms with Gasteiger partial charge in [0.2, 0.25) is 0 Å². The molecule has 76 valence electrons. The van der Waals surface area contributed by atoms with E-state index in [0.717, 1.165) is 19.4 Å². The molecule has 1 atom stereocenters. The molecule has 0 saturated carbocycles. The topological polar surface area (TPSA) is 12.0 Å². The predicted molar refractivity (Wildman–Crippen MR) is 63.1 cm³/mol. The number of unbranched alkanes of at least 4 members (excludes halogenated alkanes) is 1. The summed E-state index contributed by atoms with van der Waals surface area (Å²) in [6, 6.07) is 0.656. The highest BCUT2D eigenvalue weighted by atomic mass is 32.2. The third-order valence-corrected chi connectivity index (χ3v) is 2.94. The molecule has 0 rings (SSSR count). The zero-order valence-corrected chi connectivity index (χ0v) is 9.62. The van der Waals surface area contributed by atoms with E-state index in [9.17, 15) is 0 Å². The van der Waals surface area contributed by atoms with Gasteiger partial charge in [-0.3, -0.25) is 0 Å². The van der Waals surface area contributed by atoms with E-state index in [0.29, 0.717) is 6.04 Å². The quantitative estimate of drug-likeness (QED) is 0.476. The maximum atomic E-state index is 5.21. The number of hydrogen-bond donors (Lipinski definition) is 1. The summed E-state index contributed by atoms with van der Waals surface area (Å²) in [6.07, 6.45) is 8.49. The number of nitrogens with one attached hydrogen (secondary N) is 1. The Labute approximate surface area is 87.1 Å². The van der Waals surface area contributed by atoms with Crippen LogP contribution < -0.4 is 5.32 Å². The first-order valence-corrected chi connectivity index (χ1v) is 6.25. The molecular weight excluding hydrogens is 178 g/mol. The smallest absolute Gasteiger partial charge is 0.0158 e. The molecule has 0 aromatic rings. The summed E-state index contributed by atoms with van der Waals surface area (Å²) in [5, 5.41) is 3.49. The minimum absolute atomic E-state index is 0.656. The monoisotopic (exact) mass is 199 g/mol. The van der Waals surface area contributed by atoms with Gasteiger partial charge < -0.3 is 5.32 Å². The van der Waals surface area contributed by atoms with E-state index in [-0.39, 0.29) is 0 Å². The summed E-state index contributed by atoms with van der Waals surface area (Å²) in [6.45, 7) is 5.42. The van der Waals surface area contributed by atoms with Crippen LogP contribution in [0.1, 0.15) is 33.1 Å². The first kappa shape index (κ1) is 12.9. The van der Waals surface area contributed by atoms with Crippen LogP contribution in [0, 0.1) is 12.3 Å². The van der Waals surface area contributed by atoms with Crippen LogP contribution in [0.5, 0.6) is 0 Å².